The van der Waals surface area contributed by atoms with Gasteiger partial charge in [-0.1, -0.05) is 0 Å². The van der Waals surface area contributed by atoms with Crippen LogP contribution in [0.5, 0.6) is 0 Å². The monoisotopic (exact) mass is 370 g/mol. The number of hydrazine groups is 1. The van der Waals surface area contributed by atoms with Gasteiger partial charge in [-0.2, -0.15) is 0 Å². The number of H-pyrrole nitrogens is 1. The van der Waals surface area contributed by atoms with E-state index in [2.05, 4.69) is 15.8 Å². The van der Waals surface area contributed by atoms with Crippen LogP contribution in [-0.4, -0.2) is 21.4 Å². The molecule has 0 spiro atoms. The number of fused-ring (bicyclic) bond motifs is 1. The molecular formula is C18H15FN4O4. The number of nitrogens with zero attached hydrogens (tertiary/aromatic N) is 1. The molecule has 0 saturated carbocycles. The lowest BCUT2D eigenvalue weighted by molar-refractivity contribution is 0.0846. The van der Waals surface area contributed by atoms with Crippen molar-refractivity contribution in [3.8, 4) is 0 Å². The second-order valence-electron chi connectivity index (χ2n) is 5.65. The Bertz CT molecular complexity index is 1150. The third-order valence-electron chi connectivity index (χ3n) is 3.95. The number of aromatic nitrogens is 2. The first-order valence-electron chi connectivity index (χ1n) is 8.04. The molecule has 1 heterocycles. The number of amides is 2. The van der Waals surface area contributed by atoms with Gasteiger partial charge in [0.05, 0.1) is 11.0 Å². The van der Waals surface area contributed by atoms with E-state index in [0.29, 0.717) is 17.6 Å². The normalized spacial score (nSPS) is 10.6. The van der Waals surface area contributed by atoms with Gasteiger partial charge in [0, 0.05) is 17.7 Å². The van der Waals surface area contributed by atoms with Crippen molar-refractivity contribution < 1.29 is 14.0 Å². The lowest BCUT2D eigenvalue weighted by Crippen LogP contribution is -2.41. The van der Waals surface area contributed by atoms with Crippen molar-refractivity contribution in [2.45, 2.75) is 13.5 Å². The van der Waals surface area contributed by atoms with Gasteiger partial charge in [0.25, 0.3) is 11.8 Å². The second kappa shape index (κ2) is 7.24. The number of carbonyl (C=O) groups excluding carboxylic acids is 2. The Balaban J connectivity index is 1.80. The van der Waals surface area contributed by atoms with Gasteiger partial charge in [-0.05, 0) is 49.4 Å². The predicted octanol–water partition coefficient (Wildman–Crippen LogP) is 0.924. The molecule has 0 bridgehead atoms. The summed E-state index contributed by atoms with van der Waals surface area (Å²) in [6, 6.07) is 9.22. The van der Waals surface area contributed by atoms with Crippen LogP contribution in [-0.2, 0) is 6.54 Å². The number of halogens is 1. The molecular weight excluding hydrogens is 355 g/mol. The van der Waals surface area contributed by atoms with Crippen molar-refractivity contribution in [1.82, 2.24) is 20.4 Å². The Kier molecular flexibility index (Phi) is 4.84. The van der Waals surface area contributed by atoms with Crippen LogP contribution >= 0.6 is 0 Å². The molecule has 3 rings (SSSR count). The average Bonchev–Trinajstić information content (AvgIpc) is 2.67. The highest BCUT2D eigenvalue weighted by Crippen LogP contribution is 2.11. The van der Waals surface area contributed by atoms with Crippen molar-refractivity contribution in [1.29, 1.82) is 0 Å². The van der Waals surface area contributed by atoms with Crippen molar-refractivity contribution in [2.75, 3.05) is 0 Å². The van der Waals surface area contributed by atoms with Crippen LogP contribution in [0.15, 0.2) is 52.1 Å². The number of benzene rings is 2. The Hall–Kier alpha value is -3.75. The average molecular weight is 370 g/mol. The fourth-order valence-corrected chi connectivity index (χ4v) is 2.59. The van der Waals surface area contributed by atoms with Crippen LogP contribution in [0.4, 0.5) is 4.39 Å². The van der Waals surface area contributed by atoms with E-state index in [1.54, 1.807) is 6.92 Å². The minimum absolute atomic E-state index is 0.166. The van der Waals surface area contributed by atoms with Gasteiger partial charge >= 0.3 is 11.1 Å². The fraction of sp³-hybridized carbons (Fsp3) is 0.111. The summed E-state index contributed by atoms with van der Waals surface area (Å²) in [5, 5.41) is 0. The molecule has 0 aliphatic carbocycles. The van der Waals surface area contributed by atoms with Gasteiger partial charge in [0.15, 0.2) is 0 Å². The van der Waals surface area contributed by atoms with Gasteiger partial charge in [-0.3, -0.25) is 30.0 Å². The van der Waals surface area contributed by atoms with Gasteiger partial charge in [0.1, 0.15) is 5.82 Å². The lowest BCUT2D eigenvalue weighted by atomic mass is 10.2. The quantitative estimate of drug-likeness (QED) is 0.470. The number of hydrogen-bond donors (Lipinski definition) is 3. The molecule has 0 saturated heterocycles. The van der Waals surface area contributed by atoms with Crippen molar-refractivity contribution >= 4 is 22.8 Å². The molecule has 0 aliphatic heterocycles. The van der Waals surface area contributed by atoms with E-state index < -0.39 is 28.8 Å². The molecule has 2 aromatic carbocycles. The molecule has 2 amide bonds. The zero-order valence-corrected chi connectivity index (χ0v) is 14.2. The molecule has 3 aromatic rings. The zero-order chi connectivity index (χ0) is 19.6. The number of hydrogen-bond acceptors (Lipinski definition) is 4. The Morgan fingerprint density at radius 1 is 1.00 bits per heavy atom. The van der Waals surface area contributed by atoms with E-state index in [1.165, 1.54) is 34.9 Å². The van der Waals surface area contributed by atoms with E-state index in [4.69, 9.17) is 0 Å². The van der Waals surface area contributed by atoms with Gasteiger partial charge in [0.2, 0.25) is 0 Å². The Morgan fingerprint density at radius 3 is 2.22 bits per heavy atom. The molecule has 0 fully saturated rings. The third-order valence-corrected chi connectivity index (χ3v) is 3.95. The number of carbonyl (C=O) groups is 2. The molecule has 0 aliphatic rings. The highest BCUT2D eigenvalue weighted by molar-refractivity contribution is 6.00. The van der Waals surface area contributed by atoms with Gasteiger partial charge in [-0.15, -0.1) is 0 Å². The molecule has 3 N–H and O–H groups in total. The van der Waals surface area contributed by atoms with Crippen LogP contribution in [0.3, 0.4) is 0 Å². The number of aryl methyl sites for hydroxylation is 1. The first kappa shape index (κ1) is 18.1. The van der Waals surface area contributed by atoms with Crippen LogP contribution in [0.2, 0.25) is 0 Å². The Labute approximate surface area is 151 Å². The largest absolute Gasteiger partial charge is 0.316 e. The lowest BCUT2D eigenvalue weighted by Gasteiger charge is -2.10. The number of nitrogens with one attached hydrogen (secondary N) is 3. The number of rotatable bonds is 3. The van der Waals surface area contributed by atoms with Crippen LogP contribution < -0.4 is 22.0 Å². The van der Waals surface area contributed by atoms with Gasteiger partial charge in [-0.25, -0.2) is 4.39 Å². The van der Waals surface area contributed by atoms with Crippen molar-refractivity contribution in [3.05, 3.63) is 80.1 Å². The standard InChI is InChI=1S/C18H15FN4O4/c1-2-23-14-8-5-11(9-13(14)20-17(26)18(23)27)16(25)22-21-15(24)10-3-6-12(19)7-4-10/h3-9H,2H2,1H3,(H,20,26)(H,21,24)(H,22,25). The van der Waals surface area contributed by atoms with E-state index in [9.17, 15) is 23.6 Å². The summed E-state index contributed by atoms with van der Waals surface area (Å²) < 4.78 is 14.2. The molecule has 0 unspecified atom stereocenters. The molecule has 138 valence electrons. The zero-order valence-electron chi connectivity index (χ0n) is 14.2. The summed E-state index contributed by atoms with van der Waals surface area (Å²) in [5.41, 5.74) is 4.14. The van der Waals surface area contributed by atoms with E-state index >= 15 is 0 Å². The molecule has 9 heteroatoms. The smallest absolute Gasteiger partial charge is 0.316 e. The van der Waals surface area contributed by atoms with Crippen LogP contribution in [0.25, 0.3) is 11.0 Å². The SMILES string of the molecule is CCn1c(=O)c(=O)[nH]c2cc(C(=O)NNC(=O)c3ccc(F)cc3)ccc21. The van der Waals surface area contributed by atoms with E-state index in [-0.39, 0.29) is 11.1 Å². The molecule has 8 nitrogen and oxygen atoms in total. The Morgan fingerprint density at radius 2 is 1.59 bits per heavy atom. The fourth-order valence-electron chi connectivity index (χ4n) is 2.59. The van der Waals surface area contributed by atoms with Crippen molar-refractivity contribution in [2.24, 2.45) is 0 Å². The third kappa shape index (κ3) is 3.61. The maximum atomic E-state index is 12.9. The summed E-state index contributed by atoms with van der Waals surface area (Å²) in [7, 11) is 0. The summed E-state index contributed by atoms with van der Waals surface area (Å²) >= 11 is 0. The van der Waals surface area contributed by atoms with Gasteiger partial charge < -0.3 is 9.55 Å². The minimum atomic E-state index is -0.786. The second-order valence-corrected chi connectivity index (χ2v) is 5.65. The first-order chi connectivity index (χ1) is 12.9. The molecule has 0 radical (unpaired) electrons. The highest BCUT2D eigenvalue weighted by Gasteiger charge is 2.12. The molecule has 27 heavy (non-hydrogen) atoms. The van der Waals surface area contributed by atoms with Crippen LogP contribution in [0.1, 0.15) is 27.6 Å². The summed E-state index contributed by atoms with van der Waals surface area (Å²) in [6.07, 6.45) is 0. The topological polar surface area (TPSA) is 113 Å². The van der Waals surface area contributed by atoms with E-state index in [0.717, 1.165) is 12.1 Å². The van der Waals surface area contributed by atoms with E-state index in [1.807, 2.05) is 0 Å². The maximum Gasteiger partial charge on any atom is 0.316 e. The first-order valence-corrected chi connectivity index (χ1v) is 8.04. The highest BCUT2D eigenvalue weighted by atomic mass is 19.1. The van der Waals surface area contributed by atoms with Crippen LogP contribution in [0, 0.1) is 5.82 Å². The molecule has 0 atom stereocenters. The summed E-state index contributed by atoms with van der Waals surface area (Å²) in [5.74, 6) is -1.72. The maximum absolute atomic E-state index is 12.9. The number of aromatic amines is 1. The minimum Gasteiger partial charge on any atom is -0.316 e. The predicted molar refractivity (Wildman–Crippen MR) is 95.8 cm³/mol. The van der Waals surface area contributed by atoms with Crippen molar-refractivity contribution in [3.63, 3.8) is 0 Å². The summed E-state index contributed by atoms with van der Waals surface area (Å²) in [6.45, 7) is 2.03. The molecule has 1 aromatic heterocycles. The summed E-state index contributed by atoms with van der Waals surface area (Å²) in [4.78, 5) is 50.2.